The van der Waals surface area contributed by atoms with Crippen LogP contribution in [0.2, 0.25) is 0 Å². The van der Waals surface area contributed by atoms with Crippen molar-refractivity contribution in [2.24, 2.45) is 5.73 Å². The van der Waals surface area contributed by atoms with Crippen molar-refractivity contribution in [2.75, 3.05) is 33.2 Å². The number of ether oxygens (including phenoxy) is 1. The van der Waals surface area contributed by atoms with Gasteiger partial charge in [0.25, 0.3) is 11.8 Å². The monoisotopic (exact) mass is 552 g/mol. The number of piperazine rings is 1. The van der Waals surface area contributed by atoms with Crippen LogP contribution in [0, 0.1) is 6.92 Å². The van der Waals surface area contributed by atoms with Gasteiger partial charge >= 0.3 is 0 Å². The van der Waals surface area contributed by atoms with Gasteiger partial charge in [-0.15, -0.1) is 0 Å². The molecule has 2 aliphatic heterocycles. The van der Waals surface area contributed by atoms with Crippen LogP contribution in [0.4, 0.5) is 0 Å². The molecule has 4 atom stereocenters. The fraction of sp³-hybridized carbons (Fsp3) is 0.429. The molecule has 2 heterocycles. The van der Waals surface area contributed by atoms with Crippen molar-refractivity contribution in [3.63, 3.8) is 0 Å². The highest BCUT2D eigenvalue weighted by Crippen LogP contribution is 2.23. The summed E-state index contributed by atoms with van der Waals surface area (Å²) >= 11 is 0. The zero-order chi connectivity index (χ0) is 28.8. The number of amides is 4. The van der Waals surface area contributed by atoms with Gasteiger partial charge < -0.3 is 31.1 Å². The minimum absolute atomic E-state index is 0.0714. The Balaban J connectivity index is 1.40. The second-order valence-electron chi connectivity index (χ2n) is 10.3. The highest BCUT2D eigenvalue weighted by molar-refractivity contribution is 5.97. The Morgan fingerprint density at radius 2 is 1.43 bits per heavy atom. The van der Waals surface area contributed by atoms with Crippen LogP contribution in [0.5, 0.6) is 5.75 Å². The van der Waals surface area contributed by atoms with E-state index in [2.05, 4.69) is 21.0 Å². The predicted octanol–water partition coefficient (Wildman–Crippen LogP) is -1.01. The van der Waals surface area contributed by atoms with Gasteiger partial charge in [0.15, 0.2) is 12.2 Å². The summed E-state index contributed by atoms with van der Waals surface area (Å²) in [5.74, 6) is -2.28. The number of hydrogen-bond acceptors (Lipinski definition) is 8. The molecule has 4 amide bonds. The number of likely N-dealkylation sites (N-methyl/N-ethyl adjacent to an activating group) is 1. The molecule has 12 nitrogen and oxygen atoms in total. The van der Waals surface area contributed by atoms with Crippen LogP contribution in [-0.4, -0.2) is 96.2 Å². The Labute approximate surface area is 232 Å². The molecule has 12 heteroatoms. The van der Waals surface area contributed by atoms with E-state index in [1.165, 1.54) is 12.1 Å². The second kappa shape index (κ2) is 12.9. The van der Waals surface area contributed by atoms with E-state index in [1.807, 2.05) is 38.2 Å². The third kappa shape index (κ3) is 8.01. The van der Waals surface area contributed by atoms with Crippen LogP contribution in [0.25, 0.3) is 0 Å². The van der Waals surface area contributed by atoms with Gasteiger partial charge in [-0.3, -0.25) is 24.6 Å². The number of rotatable bonds is 11. The molecular formula is C28H36N6O6. The molecule has 4 rings (SSSR count). The van der Waals surface area contributed by atoms with Crippen molar-refractivity contribution in [3.05, 3.63) is 65.2 Å². The standard InChI is InChI=1S/C28H36N6O6/c1-17-3-5-18(6-4-17)16-22(26(37)30-21(25(29)36)15-19-7-9-20(35)10-8-19)31-27(38)23-24(40-23)28(39)32-34-13-11-33(2)12-14-34/h3-10,21-24,35H,11-16H2,1-2H3,(H2,29,36)(H,30,37)(H,31,38)(H,32,39)/t21-,22-,23?,24-/m0/s1. The number of hydrogen-bond donors (Lipinski definition) is 5. The van der Waals surface area contributed by atoms with Gasteiger partial charge in [0.05, 0.1) is 0 Å². The maximum absolute atomic E-state index is 13.4. The van der Waals surface area contributed by atoms with E-state index in [0.29, 0.717) is 18.7 Å². The van der Waals surface area contributed by atoms with Gasteiger partial charge in [-0.25, -0.2) is 5.01 Å². The molecule has 2 fully saturated rings. The van der Waals surface area contributed by atoms with Crippen LogP contribution in [-0.2, 0) is 36.8 Å². The summed E-state index contributed by atoms with van der Waals surface area (Å²) in [5.41, 5.74) is 10.9. The molecule has 0 radical (unpaired) electrons. The number of carbonyl (C=O) groups excluding carboxylic acids is 4. The van der Waals surface area contributed by atoms with Crippen molar-refractivity contribution < 1.29 is 29.0 Å². The molecule has 0 aliphatic carbocycles. The van der Waals surface area contributed by atoms with Crippen molar-refractivity contribution in [1.29, 1.82) is 0 Å². The first-order chi connectivity index (χ1) is 19.1. The zero-order valence-corrected chi connectivity index (χ0v) is 22.6. The molecule has 2 saturated heterocycles. The van der Waals surface area contributed by atoms with Gasteiger partial charge in [0.2, 0.25) is 11.8 Å². The van der Waals surface area contributed by atoms with Crippen molar-refractivity contribution in [1.82, 2.24) is 26.0 Å². The Morgan fingerprint density at radius 3 is 2.02 bits per heavy atom. The number of phenolic OH excluding ortho intramolecular Hbond substituents is 1. The third-order valence-electron chi connectivity index (χ3n) is 7.01. The number of epoxide rings is 1. The molecule has 2 aromatic rings. The molecule has 6 N–H and O–H groups in total. The van der Waals surface area contributed by atoms with Crippen LogP contribution in [0.15, 0.2) is 48.5 Å². The van der Waals surface area contributed by atoms with Crippen LogP contribution < -0.4 is 21.8 Å². The average molecular weight is 553 g/mol. The molecule has 214 valence electrons. The maximum atomic E-state index is 13.4. The topological polar surface area (TPSA) is 170 Å². The van der Waals surface area contributed by atoms with Crippen molar-refractivity contribution >= 4 is 23.6 Å². The van der Waals surface area contributed by atoms with Crippen LogP contribution in [0.1, 0.15) is 16.7 Å². The first kappa shape index (κ1) is 29.0. The summed E-state index contributed by atoms with van der Waals surface area (Å²) < 4.78 is 5.37. The van der Waals surface area contributed by atoms with Crippen molar-refractivity contribution in [3.8, 4) is 5.75 Å². The number of benzene rings is 2. The van der Waals surface area contributed by atoms with E-state index < -0.39 is 47.9 Å². The average Bonchev–Trinajstić information content (AvgIpc) is 3.73. The van der Waals surface area contributed by atoms with E-state index in [4.69, 9.17) is 10.5 Å². The van der Waals surface area contributed by atoms with Gasteiger partial charge in [0, 0.05) is 39.0 Å². The fourth-order valence-electron chi connectivity index (χ4n) is 4.43. The van der Waals surface area contributed by atoms with E-state index in [1.54, 1.807) is 17.1 Å². The Morgan fingerprint density at radius 1 is 0.875 bits per heavy atom. The number of phenols is 1. The lowest BCUT2D eigenvalue weighted by molar-refractivity contribution is -0.131. The summed E-state index contributed by atoms with van der Waals surface area (Å²) in [6.45, 7) is 4.88. The molecule has 0 aromatic heterocycles. The molecule has 2 aromatic carbocycles. The largest absolute Gasteiger partial charge is 0.508 e. The first-order valence-corrected chi connectivity index (χ1v) is 13.2. The minimum Gasteiger partial charge on any atom is -0.508 e. The summed E-state index contributed by atoms with van der Waals surface area (Å²) in [5, 5.41) is 16.6. The summed E-state index contributed by atoms with van der Waals surface area (Å²) in [4.78, 5) is 53.3. The Bertz CT molecular complexity index is 1210. The quantitative estimate of drug-likeness (QED) is 0.221. The number of aromatic hydroxyl groups is 1. The highest BCUT2D eigenvalue weighted by Gasteiger charge is 2.51. The molecule has 0 spiro atoms. The van der Waals surface area contributed by atoms with E-state index in [0.717, 1.165) is 24.2 Å². The number of aryl methyl sites for hydroxylation is 1. The lowest BCUT2D eigenvalue weighted by Crippen LogP contribution is -2.55. The van der Waals surface area contributed by atoms with Gasteiger partial charge in [0.1, 0.15) is 17.8 Å². The molecule has 0 bridgehead atoms. The van der Waals surface area contributed by atoms with Crippen LogP contribution >= 0.6 is 0 Å². The predicted molar refractivity (Wildman–Crippen MR) is 146 cm³/mol. The number of carbonyl (C=O) groups is 4. The highest BCUT2D eigenvalue weighted by atomic mass is 16.6. The fourth-order valence-corrected chi connectivity index (χ4v) is 4.43. The van der Waals surface area contributed by atoms with Crippen molar-refractivity contribution in [2.45, 2.75) is 44.1 Å². The number of nitrogens with two attached hydrogens (primary N) is 1. The molecule has 0 saturated carbocycles. The van der Waals surface area contributed by atoms with Gasteiger partial charge in [-0.05, 0) is 37.2 Å². The van der Waals surface area contributed by atoms with E-state index in [-0.39, 0.29) is 18.6 Å². The number of primary amides is 1. The second-order valence-corrected chi connectivity index (χ2v) is 10.3. The van der Waals surface area contributed by atoms with E-state index >= 15 is 0 Å². The summed E-state index contributed by atoms with van der Waals surface area (Å²) in [7, 11) is 2.01. The smallest absolute Gasteiger partial charge is 0.266 e. The Kier molecular flexibility index (Phi) is 9.35. The minimum atomic E-state index is -1.05. The maximum Gasteiger partial charge on any atom is 0.266 e. The van der Waals surface area contributed by atoms with E-state index in [9.17, 15) is 24.3 Å². The van der Waals surface area contributed by atoms with Gasteiger partial charge in [-0.2, -0.15) is 0 Å². The van der Waals surface area contributed by atoms with Crippen LogP contribution in [0.3, 0.4) is 0 Å². The van der Waals surface area contributed by atoms with Gasteiger partial charge in [-0.1, -0.05) is 42.0 Å². The first-order valence-electron chi connectivity index (χ1n) is 13.2. The molecule has 1 unspecified atom stereocenters. The number of nitrogens with one attached hydrogen (secondary N) is 3. The summed E-state index contributed by atoms with van der Waals surface area (Å²) in [6.07, 6.45) is -1.72. The molecule has 2 aliphatic rings. The lowest BCUT2D eigenvalue weighted by Gasteiger charge is -2.32. The normalized spacial score (nSPS) is 20.6. The Hall–Kier alpha value is -4.00. The number of hydrazine groups is 1. The molecule has 40 heavy (non-hydrogen) atoms. The SMILES string of the molecule is Cc1ccc(C[C@H](NC(=O)C2O[C@@H]2C(=O)NN2CCN(C)CC2)C(=O)N[C@@H](Cc2ccc(O)cc2)C(N)=O)cc1. The zero-order valence-electron chi connectivity index (χ0n) is 22.6. The third-order valence-corrected chi connectivity index (χ3v) is 7.01. The lowest BCUT2D eigenvalue weighted by atomic mass is 10.0. The molecular weight excluding hydrogens is 516 g/mol. The summed E-state index contributed by atoms with van der Waals surface area (Å²) in [6, 6.07) is 11.6. The number of nitrogens with zero attached hydrogens (tertiary/aromatic N) is 2.